The molecule has 17 heavy (non-hydrogen) atoms. The molecule has 0 spiro atoms. The number of hydrogen-bond acceptors (Lipinski definition) is 3. The van der Waals surface area contributed by atoms with Crippen molar-refractivity contribution >= 4 is 27.4 Å². The van der Waals surface area contributed by atoms with Gasteiger partial charge in [0.15, 0.2) is 0 Å². The van der Waals surface area contributed by atoms with E-state index in [1.54, 1.807) is 6.20 Å². The fraction of sp³-hybridized carbons (Fsp3) is 0.154. The van der Waals surface area contributed by atoms with Gasteiger partial charge < -0.3 is 11.1 Å². The Morgan fingerprint density at radius 1 is 1.24 bits per heavy atom. The van der Waals surface area contributed by atoms with E-state index in [0.29, 0.717) is 6.54 Å². The molecule has 0 aliphatic rings. The molecule has 1 aromatic carbocycles. The minimum atomic E-state index is 0.562. The van der Waals surface area contributed by atoms with Gasteiger partial charge in [-0.2, -0.15) is 0 Å². The Morgan fingerprint density at radius 2 is 1.94 bits per heavy atom. The van der Waals surface area contributed by atoms with E-state index in [1.165, 1.54) is 0 Å². The molecular formula is C13H14BrN3. The van der Waals surface area contributed by atoms with Crippen LogP contribution in [0.25, 0.3) is 0 Å². The number of benzene rings is 1. The van der Waals surface area contributed by atoms with E-state index in [1.807, 2.05) is 37.3 Å². The third-order valence-electron chi connectivity index (χ3n) is 2.53. The Labute approximate surface area is 109 Å². The minimum absolute atomic E-state index is 0.562. The summed E-state index contributed by atoms with van der Waals surface area (Å²) in [7, 11) is 0. The van der Waals surface area contributed by atoms with Crippen LogP contribution in [0.15, 0.2) is 41.0 Å². The van der Waals surface area contributed by atoms with Crippen LogP contribution in [0.2, 0.25) is 0 Å². The molecule has 1 heterocycles. The van der Waals surface area contributed by atoms with Gasteiger partial charge in [-0.3, -0.25) is 0 Å². The molecular weight excluding hydrogens is 278 g/mol. The third-order valence-corrected chi connectivity index (χ3v) is 3.54. The van der Waals surface area contributed by atoms with Gasteiger partial charge in [0, 0.05) is 18.4 Å². The maximum Gasteiger partial charge on any atom is 0.144 e. The van der Waals surface area contributed by atoms with Crippen LogP contribution in [0, 0.1) is 6.92 Å². The van der Waals surface area contributed by atoms with Crippen molar-refractivity contribution in [3.05, 3.63) is 52.1 Å². The maximum atomic E-state index is 5.56. The van der Waals surface area contributed by atoms with Gasteiger partial charge in [-0.15, -0.1) is 0 Å². The Kier molecular flexibility index (Phi) is 3.76. The summed E-state index contributed by atoms with van der Waals surface area (Å²) in [5.41, 5.74) is 8.83. The lowest BCUT2D eigenvalue weighted by atomic mass is 10.2. The zero-order chi connectivity index (χ0) is 12.3. The fourth-order valence-corrected chi connectivity index (χ4v) is 1.82. The number of hydrogen-bond donors (Lipinski definition) is 2. The van der Waals surface area contributed by atoms with E-state index >= 15 is 0 Å². The lowest BCUT2D eigenvalue weighted by Crippen LogP contribution is -1.98. The number of pyridine rings is 1. The maximum absolute atomic E-state index is 5.56. The quantitative estimate of drug-likeness (QED) is 0.912. The normalized spacial score (nSPS) is 10.3. The summed E-state index contributed by atoms with van der Waals surface area (Å²) in [5, 5.41) is 3.27. The van der Waals surface area contributed by atoms with E-state index in [4.69, 9.17) is 5.73 Å². The number of halogens is 1. The average Bonchev–Trinajstić information content (AvgIpc) is 2.36. The Morgan fingerprint density at radius 3 is 2.59 bits per heavy atom. The molecule has 0 radical (unpaired) electrons. The highest BCUT2D eigenvalue weighted by molar-refractivity contribution is 9.10. The first-order valence-electron chi connectivity index (χ1n) is 5.38. The van der Waals surface area contributed by atoms with Gasteiger partial charge in [0.1, 0.15) is 5.82 Å². The van der Waals surface area contributed by atoms with Gasteiger partial charge in [0.2, 0.25) is 0 Å². The predicted octanol–water partition coefficient (Wildman–Crippen LogP) is 3.35. The SMILES string of the molecule is Cc1ccnc(Nc2ccc(CN)cc2)c1Br. The van der Waals surface area contributed by atoms with Crippen LogP contribution in [0.1, 0.15) is 11.1 Å². The molecule has 0 fully saturated rings. The topological polar surface area (TPSA) is 50.9 Å². The van der Waals surface area contributed by atoms with Crippen LogP contribution in [0.5, 0.6) is 0 Å². The molecule has 0 amide bonds. The highest BCUT2D eigenvalue weighted by Crippen LogP contribution is 2.26. The zero-order valence-electron chi connectivity index (χ0n) is 9.57. The van der Waals surface area contributed by atoms with E-state index in [2.05, 4.69) is 26.2 Å². The largest absolute Gasteiger partial charge is 0.339 e. The predicted molar refractivity (Wildman–Crippen MR) is 74.3 cm³/mol. The van der Waals surface area contributed by atoms with E-state index in [-0.39, 0.29) is 0 Å². The first-order valence-corrected chi connectivity index (χ1v) is 6.17. The molecule has 0 saturated heterocycles. The van der Waals surface area contributed by atoms with Crippen molar-refractivity contribution in [1.29, 1.82) is 0 Å². The van der Waals surface area contributed by atoms with Crippen molar-refractivity contribution in [3.8, 4) is 0 Å². The van der Waals surface area contributed by atoms with Crippen LogP contribution < -0.4 is 11.1 Å². The fourth-order valence-electron chi connectivity index (χ4n) is 1.49. The lowest BCUT2D eigenvalue weighted by molar-refractivity contribution is 1.07. The molecule has 2 rings (SSSR count). The number of nitrogens with zero attached hydrogens (tertiary/aromatic N) is 1. The highest BCUT2D eigenvalue weighted by atomic mass is 79.9. The van der Waals surface area contributed by atoms with Crippen LogP contribution in [-0.2, 0) is 6.54 Å². The van der Waals surface area contributed by atoms with Crippen molar-refractivity contribution in [2.45, 2.75) is 13.5 Å². The molecule has 0 bridgehead atoms. The molecule has 2 aromatic rings. The van der Waals surface area contributed by atoms with Crippen LogP contribution >= 0.6 is 15.9 Å². The summed E-state index contributed by atoms with van der Waals surface area (Å²) < 4.78 is 0.989. The summed E-state index contributed by atoms with van der Waals surface area (Å²) in [6, 6.07) is 9.97. The number of nitrogens with two attached hydrogens (primary N) is 1. The second-order valence-corrected chi connectivity index (χ2v) is 4.61. The summed E-state index contributed by atoms with van der Waals surface area (Å²) >= 11 is 3.52. The van der Waals surface area contributed by atoms with Crippen molar-refractivity contribution in [2.75, 3.05) is 5.32 Å². The van der Waals surface area contributed by atoms with Gasteiger partial charge >= 0.3 is 0 Å². The molecule has 0 unspecified atom stereocenters. The Hall–Kier alpha value is -1.39. The number of nitrogens with one attached hydrogen (secondary N) is 1. The van der Waals surface area contributed by atoms with Crippen LogP contribution in [-0.4, -0.2) is 4.98 Å². The molecule has 0 saturated carbocycles. The summed E-state index contributed by atoms with van der Waals surface area (Å²) in [5.74, 6) is 0.825. The summed E-state index contributed by atoms with van der Waals surface area (Å²) in [6.45, 7) is 2.60. The van der Waals surface area contributed by atoms with Gasteiger partial charge in [-0.1, -0.05) is 12.1 Å². The first kappa shape index (κ1) is 12.1. The summed E-state index contributed by atoms with van der Waals surface area (Å²) in [6.07, 6.45) is 1.79. The van der Waals surface area contributed by atoms with Gasteiger partial charge in [-0.25, -0.2) is 4.98 Å². The second kappa shape index (κ2) is 5.29. The smallest absolute Gasteiger partial charge is 0.144 e. The van der Waals surface area contributed by atoms with Gasteiger partial charge in [0.25, 0.3) is 0 Å². The molecule has 0 aliphatic carbocycles. The van der Waals surface area contributed by atoms with E-state index in [0.717, 1.165) is 27.1 Å². The first-order chi connectivity index (χ1) is 8.20. The van der Waals surface area contributed by atoms with Crippen molar-refractivity contribution in [2.24, 2.45) is 5.73 Å². The molecule has 3 N–H and O–H groups in total. The molecule has 1 aromatic heterocycles. The van der Waals surface area contributed by atoms with Gasteiger partial charge in [0.05, 0.1) is 4.47 Å². The average molecular weight is 292 g/mol. The lowest BCUT2D eigenvalue weighted by Gasteiger charge is -2.09. The van der Waals surface area contributed by atoms with Crippen LogP contribution in [0.3, 0.4) is 0 Å². The Balaban J connectivity index is 2.22. The van der Waals surface area contributed by atoms with Crippen molar-refractivity contribution < 1.29 is 0 Å². The minimum Gasteiger partial charge on any atom is -0.339 e. The van der Waals surface area contributed by atoms with Crippen molar-refractivity contribution in [1.82, 2.24) is 4.98 Å². The summed E-state index contributed by atoms with van der Waals surface area (Å²) in [4.78, 5) is 4.29. The van der Waals surface area contributed by atoms with Crippen LogP contribution in [0.4, 0.5) is 11.5 Å². The number of anilines is 2. The standard InChI is InChI=1S/C13H14BrN3/c1-9-6-7-16-13(12(9)14)17-11-4-2-10(8-15)3-5-11/h2-7H,8,15H2,1H3,(H,16,17). The number of rotatable bonds is 3. The molecule has 0 atom stereocenters. The molecule has 3 nitrogen and oxygen atoms in total. The number of aromatic nitrogens is 1. The molecule has 4 heteroatoms. The third kappa shape index (κ3) is 2.84. The molecule has 88 valence electrons. The van der Waals surface area contributed by atoms with E-state index < -0.39 is 0 Å². The van der Waals surface area contributed by atoms with Crippen molar-refractivity contribution in [3.63, 3.8) is 0 Å². The highest BCUT2D eigenvalue weighted by Gasteiger charge is 2.03. The Bertz CT molecular complexity index is 509. The van der Waals surface area contributed by atoms with Gasteiger partial charge in [-0.05, 0) is 52.2 Å². The zero-order valence-corrected chi connectivity index (χ0v) is 11.2. The second-order valence-electron chi connectivity index (χ2n) is 3.82. The monoisotopic (exact) mass is 291 g/mol. The number of aryl methyl sites for hydroxylation is 1. The molecule has 0 aliphatic heterocycles. The van der Waals surface area contributed by atoms with E-state index in [9.17, 15) is 0 Å².